The molecule has 0 bridgehead atoms. The van der Waals surface area contributed by atoms with Gasteiger partial charge in [-0.1, -0.05) is 6.42 Å². The molecule has 0 spiro atoms. The first-order valence-corrected chi connectivity index (χ1v) is 7.40. The van der Waals surface area contributed by atoms with Crippen molar-refractivity contribution in [3.63, 3.8) is 0 Å². The summed E-state index contributed by atoms with van der Waals surface area (Å²) in [6.07, 6.45) is 5.64. The van der Waals surface area contributed by atoms with Crippen LogP contribution in [0.3, 0.4) is 0 Å². The number of likely N-dealkylation sites (tertiary alicyclic amines) is 1. The van der Waals surface area contributed by atoms with Crippen LogP contribution in [0.4, 0.5) is 0 Å². The highest BCUT2D eigenvalue weighted by atomic mass is 32.2. The van der Waals surface area contributed by atoms with Gasteiger partial charge in [-0.25, -0.2) is 4.79 Å². The van der Waals surface area contributed by atoms with Crippen LogP contribution in [0, 0.1) is 0 Å². The first-order chi connectivity index (χ1) is 8.20. The second-order valence-corrected chi connectivity index (χ2v) is 6.05. The standard InChI is InChI=1S/C12H19NO3S/c14-11(10-6-2-4-8-17-10)13-7-3-1-5-9(13)12(15)16/h9-10H,1-8H2,(H,15,16). The van der Waals surface area contributed by atoms with Crippen LogP contribution in [0.15, 0.2) is 0 Å². The molecule has 2 unspecified atom stereocenters. The largest absolute Gasteiger partial charge is 0.480 e. The predicted molar refractivity (Wildman–Crippen MR) is 67.1 cm³/mol. The van der Waals surface area contributed by atoms with E-state index in [1.54, 1.807) is 16.7 Å². The Morgan fingerprint density at radius 3 is 2.53 bits per heavy atom. The maximum absolute atomic E-state index is 12.3. The molecule has 0 aromatic rings. The van der Waals surface area contributed by atoms with Crippen LogP contribution >= 0.6 is 11.8 Å². The average molecular weight is 257 g/mol. The van der Waals surface area contributed by atoms with Gasteiger partial charge in [0.15, 0.2) is 0 Å². The summed E-state index contributed by atoms with van der Waals surface area (Å²) < 4.78 is 0. The molecule has 2 aliphatic heterocycles. The average Bonchev–Trinajstić information content (AvgIpc) is 2.39. The minimum absolute atomic E-state index is 0.00343. The van der Waals surface area contributed by atoms with Gasteiger partial charge in [0, 0.05) is 6.54 Å². The van der Waals surface area contributed by atoms with Gasteiger partial charge < -0.3 is 10.0 Å². The van der Waals surface area contributed by atoms with Crippen LogP contribution in [-0.2, 0) is 9.59 Å². The van der Waals surface area contributed by atoms with Gasteiger partial charge in [-0.15, -0.1) is 11.8 Å². The van der Waals surface area contributed by atoms with Gasteiger partial charge in [-0.05, 0) is 37.9 Å². The van der Waals surface area contributed by atoms with Gasteiger partial charge in [0.25, 0.3) is 0 Å². The van der Waals surface area contributed by atoms with Crippen LogP contribution < -0.4 is 0 Å². The highest BCUT2D eigenvalue weighted by molar-refractivity contribution is 8.00. The van der Waals surface area contributed by atoms with Crippen molar-refractivity contribution in [3.8, 4) is 0 Å². The Morgan fingerprint density at radius 1 is 1.12 bits per heavy atom. The molecule has 2 heterocycles. The molecule has 2 aliphatic rings. The van der Waals surface area contributed by atoms with E-state index < -0.39 is 12.0 Å². The minimum atomic E-state index is -0.848. The van der Waals surface area contributed by atoms with Gasteiger partial charge in [-0.3, -0.25) is 4.79 Å². The Bertz CT molecular complexity index is 302. The second-order valence-electron chi connectivity index (χ2n) is 4.74. The Morgan fingerprint density at radius 2 is 1.88 bits per heavy atom. The number of aliphatic carboxylic acids is 1. The van der Waals surface area contributed by atoms with E-state index in [2.05, 4.69) is 0 Å². The molecule has 0 saturated carbocycles. The summed E-state index contributed by atoms with van der Waals surface area (Å²) >= 11 is 1.69. The minimum Gasteiger partial charge on any atom is -0.480 e. The van der Waals surface area contributed by atoms with Gasteiger partial charge in [0.1, 0.15) is 6.04 Å². The van der Waals surface area contributed by atoms with E-state index in [0.29, 0.717) is 13.0 Å². The smallest absolute Gasteiger partial charge is 0.326 e. The number of hydrogen-bond acceptors (Lipinski definition) is 3. The first kappa shape index (κ1) is 12.7. The van der Waals surface area contributed by atoms with Crippen molar-refractivity contribution in [2.75, 3.05) is 12.3 Å². The maximum atomic E-state index is 12.3. The third kappa shape index (κ3) is 2.94. The van der Waals surface area contributed by atoms with E-state index in [1.807, 2.05) is 0 Å². The third-order valence-electron chi connectivity index (χ3n) is 3.53. The van der Waals surface area contributed by atoms with Gasteiger partial charge in [-0.2, -0.15) is 0 Å². The Balaban J connectivity index is 2.02. The van der Waals surface area contributed by atoms with E-state index in [9.17, 15) is 9.59 Å². The lowest BCUT2D eigenvalue weighted by molar-refractivity contribution is -0.151. The molecule has 0 aromatic heterocycles. The molecule has 0 aromatic carbocycles. The number of amides is 1. The van der Waals surface area contributed by atoms with Gasteiger partial charge >= 0.3 is 5.97 Å². The molecule has 96 valence electrons. The van der Waals surface area contributed by atoms with E-state index >= 15 is 0 Å². The number of nitrogens with zero attached hydrogens (tertiary/aromatic N) is 1. The summed E-state index contributed by atoms with van der Waals surface area (Å²) in [6, 6.07) is -0.584. The number of carbonyl (C=O) groups is 2. The number of carbonyl (C=O) groups excluding carboxylic acids is 1. The lowest BCUT2D eigenvalue weighted by Crippen LogP contribution is -2.51. The molecule has 1 N–H and O–H groups in total. The highest BCUT2D eigenvalue weighted by Crippen LogP contribution is 2.29. The fourth-order valence-corrected chi connectivity index (χ4v) is 3.84. The molecule has 17 heavy (non-hydrogen) atoms. The number of thioether (sulfide) groups is 1. The molecule has 5 heteroatoms. The zero-order valence-electron chi connectivity index (χ0n) is 9.93. The van der Waals surface area contributed by atoms with Crippen molar-refractivity contribution >= 4 is 23.6 Å². The van der Waals surface area contributed by atoms with Crippen molar-refractivity contribution in [3.05, 3.63) is 0 Å². The highest BCUT2D eigenvalue weighted by Gasteiger charge is 2.35. The quantitative estimate of drug-likeness (QED) is 0.818. The van der Waals surface area contributed by atoms with Crippen LogP contribution in [0.2, 0.25) is 0 Å². The number of hydrogen-bond donors (Lipinski definition) is 1. The molecule has 4 nitrogen and oxygen atoms in total. The molecular formula is C12H19NO3S. The summed E-state index contributed by atoms with van der Waals surface area (Å²) in [5.41, 5.74) is 0. The number of piperidine rings is 1. The summed E-state index contributed by atoms with van der Waals surface area (Å²) in [6.45, 7) is 0.618. The lowest BCUT2D eigenvalue weighted by Gasteiger charge is -2.36. The topological polar surface area (TPSA) is 57.6 Å². The zero-order chi connectivity index (χ0) is 12.3. The summed E-state index contributed by atoms with van der Waals surface area (Å²) in [5, 5.41) is 9.16. The number of carboxylic acids is 1. The monoisotopic (exact) mass is 257 g/mol. The van der Waals surface area contributed by atoms with Crippen molar-refractivity contribution in [2.45, 2.75) is 49.8 Å². The Labute approximate surface area is 106 Å². The van der Waals surface area contributed by atoms with E-state index in [4.69, 9.17) is 5.11 Å². The van der Waals surface area contributed by atoms with Crippen molar-refractivity contribution in [1.29, 1.82) is 0 Å². The number of carboxylic acid groups (broad SMARTS) is 1. The molecule has 0 aliphatic carbocycles. The summed E-state index contributed by atoms with van der Waals surface area (Å²) in [7, 11) is 0. The summed E-state index contributed by atoms with van der Waals surface area (Å²) in [4.78, 5) is 25.1. The second kappa shape index (κ2) is 5.76. The molecule has 2 atom stereocenters. The number of rotatable bonds is 2. The van der Waals surface area contributed by atoms with Crippen LogP contribution in [0.1, 0.15) is 38.5 Å². The molecule has 2 saturated heterocycles. The molecule has 2 fully saturated rings. The van der Waals surface area contributed by atoms with Crippen molar-refractivity contribution in [2.24, 2.45) is 0 Å². The zero-order valence-corrected chi connectivity index (χ0v) is 10.7. The fraction of sp³-hybridized carbons (Fsp3) is 0.833. The van der Waals surface area contributed by atoms with E-state index in [0.717, 1.165) is 31.4 Å². The molecule has 1 amide bonds. The van der Waals surface area contributed by atoms with Crippen molar-refractivity contribution in [1.82, 2.24) is 4.90 Å². The van der Waals surface area contributed by atoms with Crippen molar-refractivity contribution < 1.29 is 14.7 Å². The molecule has 0 radical (unpaired) electrons. The first-order valence-electron chi connectivity index (χ1n) is 6.35. The van der Waals surface area contributed by atoms with Crippen LogP contribution in [0.25, 0.3) is 0 Å². The van der Waals surface area contributed by atoms with E-state index in [-0.39, 0.29) is 11.2 Å². The van der Waals surface area contributed by atoms with Gasteiger partial charge in [0.2, 0.25) is 5.91 Å². The summed E-state index contributed by atoms with van der Waals surface area (Å²) in [5.74, 6) is 0.239. The fourth-order valence-electron chi connectivity index (χ4n) is 2.57. The van der Waals surface area contributed by atoms with Crippen LogP contribution in [0.5, 0.6) is 0 Å². The molecular weight excluding hydrogens is 238 g/mol. The molecule has 2 rings (SSSR count). The predicted octanol–water partition coefficient (Wildman–Crippen LogP) is 1.74. The Hall–Kier alpha value is -0.710. The Kier molecular flexibility index (Phi) is 4.31. The normalized spacial score (nSPS) is 30.0. The van der Waals surface area contributed by atoms with Crippen LogP contribution in [-0.4, -0.2) is 45.5 Å². The van der Waals surface area contributed by atoms with E-state index in [1.165, 1.54) is 6.42 Å². The maximum Gasteiger partial charge on any atom is 0.326 e. The SMILES string of the molecule is O=C(O)C1CCCCN1C(=O)C1CCCCS1. The third-order valence-corrected chi connectivity index (χ3v) is 4.89. The van der Waals surface area contributed by atoms with Gasteiger partial charge in [0.05, 0.1) is 5.25 Å². The lowest BCUT2D eigenvalue weighted by atomic mass is 10.0.